The number of nitrogens with zero attached hydrogens (tertiary/aromatic N) is 1. The topological polar surface area (TPSA) is 65.2 Å². The number of nitrogens with two attached hydrogens (primary N) is 1. The van der Waals surface area contributed by atoms with E-state index in [0.717, 1.165) is 33.6 Å². The SMILES string of the molecule is COc1cccc([C@H](C)c2c(C(N)=O)ccc(-c3ccncc3)c2C)c1. The van der Waals surface area contributed by atoms with E-state index < -0.39 is 5.91 Å². The molecule has 0 aliphatic heterocycles. The summed E-state index contributed by atoms with van der Waals surface area (Å²) >= 11 is 0. The van der Waals surface area contributed by atoms with Crippen LogP contribution in [0.2, 0.25) is 0 Å². The fraction of sp³-hybridized carbons (Fsp3) is 0.182. The van der Waals surface area contributed by atoms with Crippen LogP contribution in [0.25, 0.3) is 11.1 Å². The van der Waals surface area contributed by atoms with Gasteiger partial charge in [-0.25, -0.2) is 0 Å². The minimum atomic E-state index is -0.417. The summed E-state index contributed by atoms with van der Waals surface area (Å²) in [4.78, 5) is 16.2. The Morgan fingerprint density at radius 3 is 2.50 bits per heavy atom. The van der Waals surface area contributed by atoms with Gasteiger partial charge in [0.05, 0.1) is 7.11 Å². The van der Waals surface area contributed by atoms with Crippen LogP contribution in [0.3, 0.4) is 0 Å². The number of rotatable bonds is 5. The van der Waals surface area contributed by atoms with Crippen molar-refractivity contribution in [2.75, 3.05) is 7.11 Å². The summed E-state index contributed by atoms with van der Waals surface area (Å²) < 4.78 is 5.34. The molecule has 1 aromatic heterocycles. The largest absolute Gasteiger partial charge is 0.497 e. The first-order chi connectivity index (χ1) is 12.5. The fourth-order valence-electron chi connectivity index (χ4n) is 3.42. The monoisotopic (exact) mass is 346 g/mol. The minimum Gasteiger partial charge on any atom is -0.497 e. The molecule has 0 aliphatic carbocycles. The van der Waals surface area contributed by atoms with Gasteiger partial charge < -0.3 is 10.5 Å². The van der Waals surface area contributed by atoms with Gasteiger partial charge in [0.25, 0.3) is 0 Å². The third kappa shape index (κ3) is 3.31. The van der Waals surface area contributed by atoms with E-state index in [1.54, 1.807) is 19.5 Å². The number of amides is 1. The number of primary amides is 1. The van der Waals surface area contributed by atoms with Crippen molar-refractivity contribution in [1.82, 2.24) is 4.98 Å². The molecule has 1 heterocycles. The summed E-state index contributed by atoms with van der Waals surface area (Å²) in [5, 5.41) is 0. The predicted molar refractivity (Wildman–Crippen MR) is 103 cm³/mol. The van der Waals surface area contributed by atoms with Crippen LogP contribution < -0.4 is 10.5 Å². The second-order valence-electron chi connectivity index (χ2n) is 6.30. The Kier molecular flexibility index (Phi) is 5.03. The molecule has 0 spiro atoms. The molecule has 0 bridgehead atoms. The highest BCUT2D eigenvalue weighted by atomic mass is 16.5. The lowest BCUT2D eigenvalue weighted by Crippen LogP contribution is -2.17. The summed E-state index contributed by atoms with van der Waals surface area (Å²) in [6, 6.07) is 15.6. The highest BCUT2D eigenvalue weighted by Crippen LogP contribution is 2.36. The van der Waals surface area contributed by atoms with Crippen molar-refractivity contribution in [2.45, 2.75) is 19.8 Å². The molecular formula is C22H22N2O2. The fourth-order valence-corrected chi connectivity index (χ4v) is 3.42. The first kappa shape index (κ1) is 17.7. The predicted octanol–water partition coefficient (Wildman–Crippen LogP) is 4.32. The Bertz CT molecular complexity index is 936. The quantitative estimate of drug-likeness (QED) is 0.748. The average molecular weight is 346 g/mol. The summed E-state index contributed by atoms with van der Waals surface area (Å²) in [5.74, 6) is 0.367. The number of carbonyl (C=O) groups excluding carboxylic acids is 1. The minimum absolute atomic E-state index is 0.00520. The number of ether oxygens (including phenoxy) is 1. The van der Waals surface area contributed by atoms with E-state index in [4.69, 9.17) is 10.5 Å². The van der Waals surface area contributed by atoms with Gasteiger partial charge >= 0.3 is 0 Å². The van der Waals surface area contributed by atoms with Gasteiger partial charge in [0.15, 0.2) is 0 Å². The van der Waals surface area contributed by atoms with Crippen LogP contribution in [0.1, 0.15) is 39.9 Å². The molecule has 2 N–H and O–H groups in total. The Morgan fingerprint density at radius 2 is 1.85 bits per heavy atom. The summed E-state index contributed by atoms with van der Waals surface area (Å²) in [6.45, 7) is 4.12. The zero-order chi connectivity index (χ0) is 18.7. The molecule has 3 rings (SSSR count). The average Bonchev–Trinajstić information content (AvgIpc) is 2.67. The molecule has 132 valence electrons. The molecule has 2 aromatic carbocycles. The summed E-state index contributed by atoms with van der Waals surface area (Å²) in [6.07, 6.45) is 3.53. The molecule has 0 fully saturated rings. The number of benzene rings is 2. The number of carbonyl (C=O) groups is 1. The highest BCUT2D eigenvalue weighted by molar-refractivity contribution is 5.96. The Labute approximate surface area is 153 Å². The van der Waals surface area contributed by atoms with E-state index in [9.17, 15) is 4.79 Å². The van der Waals surface area contributed by atoms with Crippen molar-refractivity contribution in [3.05, 3.63) is 83.2 Å². The lowest BCUT2D eigenvalue weighted by Gasteiger charge is -2.21. The van der Waals surface area contributed by atoms with E-state index in [2.05, 4.69) is 11.9 Å². The van der Waals surface area contributed by atoms with Gasteiger partial charge in [-0.05, 0) is 65.1 Å². The zero-order valence-corrected chi connectivity index (χ0v) is 15.2. The molecular weight excluding hydrogens is 324 g/mol. The highest BCUT2D eigenvalue weighted by Gasteiger charge is 2.21. The smallest absolute Gasteiger partial charge is 0.249 e. The maximum Gasteiger partial charge on any atom is 0.249 e. The second kappa shape index (κ2) is 7.40. The standard InChI is InChI=1S/C22H22N2O2/c1-14(17-5-4-6-18(13-17)26-3)21-15(2)19(7-8-20(21)22(23)25)16-9-11-24-12-10-16/h4-14H,1-3H3,(H2,23,25)/t14-/m0/s1. The van der Waals surface area contributed by atoms with Crippen LogP contribution in [0.15, 0.2) is 60.9 Å². The van der Waals surface area contributed by atoms with Gasteiger partial charge in [-0.2, -0.15) is 0 Å². The first-order valence-electron chi connectivity index (χ1n) is 8.50. The molecule has 3 aromatic rings. The van der Waals surface area contributed by atoms with Crippen molar-refractivity contribution in [1.29, 1.82) is 0 Å². The number of aromatic nitrogens is 1. The van der Waals surface area contributed by atoms with Gasteiger partial charge in [-0.1, -0.05) is 25.1 Å². The van der Waals surface area contributed by atoms with Crippen molar-refractivity contribution in [2.24, 2.45) is 5.73 Å². The van der Waals surface area contributed by atoms with Gasteiger partial charge in [-0.15, -0.1) is 0 Å². The Hall–Kier alpha value is -3.14. The van der Waals surface area contributed by atoms with Crippen molar-refractivity contribution in [3.8, 4) is 16.9 Å². The maximum atomic E-state index is 12.1. The molecule has 0 unspecified atom stereocenters. The number of hydrogen-bond acceptors (Lipinski definition) is 3. The lowest BCUT2D eigenvalue weighted by atomic mass is 9.83. The Morgan fingerprint density at radius 1 is 1.12 bits per heavy atom. The molecule has 0 aliphatic rings. The zero-order valence-electron chi connectivity index (χ0n) is 15.2. The number of pyridine rings is 1. The third-order valence-corrected chi connectivity index (χ3v) is 4.80. The van der Waals surface area contributed by atoms with Crippen LogP contribution in [-0.4, -0.2) is 18.0 Å². The van der Waals surface area contributed by atoms with Crippen molar-refractivity contribution < 1.29 is 9.53 Å². The van der Waals surface area contributed by atoms with Crippen LogP contribution in [0, 0.1) is 6.92 Å². The molecule has 0 saturated carbocycles. The molecule has 4 nitrogen and oxygen atoms in total. The normalized spacial score (nSPS) is 11.8. The van der Waals surface area contributed by atoms with Crippen LogP contribution in [0.5, 0.6) is 5.75 Å². The number of hydrogen-bond donors (Lipinski definition) is 1. The molecule has 1 amide bonds. The van der Waals surface area contributed by atoms with E-state index >= 15 is 0 Å². The van der Waals surface area contributed by atoms with E-state index in [-0.39, 0.29) is 5.92 Å². The summed E-state index contributed by atoms with van der Waals surface area (Å²) in [5.41, 5.74) is 11.4. The first-order valence-corrected chi connectivity index (χ1v) is 8.50. The Balaban J connectivity index is 2.18. The van der Waals surface area contributed by atoms with Gasteiger partial charge in [0, 0.05) is 23.9 Å². The molecule has 0 radical (unpaired) electrons. The molecule has 1 atom stereocenters. The summed E-state index contributed by atoms with van der Waals surface area (Å²) in [7, 11) is 1.65. The van der Waals surface area contributed by atoms with Crippen LogP contribution in [0.4, 0.5) is 0 Å². The second-order valence-corrected chi connectivity index (χ2v) is 6.30. The third-order valence-electron chi connectivity index (χ3n) is 4.80. The van der Waals surface area contributed by atoms with Gasteiger partial charge in [-0.3, -0.25) is 9.78 Å². The van der Waals surface area contributed by atoms with E-state index in [1.807, 2.05) is 55.5 Å². The van der Waals surface area contributed by atoms with Gasteiger partial charge in [0.2, 0.25) is 5.91 Å². The lowest BCUT2D eigenvalue weighted by molar-refractivity contribution is 0.0999. The maximum absolute atomic E-state index is 12.1. The van der Waals surface area contributed by atoms with E-state index in [0.29, 0.717) is 5.56 Å². The van der Waals surface area contributed by atoms with Crippen molar-refractivity contribution >= 4 is 5.91 Å². The molecule has 26 heavy (non-hydrogen) atoms. The van der Waals surface area contributed by atoms with Gasteiger partial charge in [0.1, 0.15) is 5.75 Å². The van der Waals surface area contributed by atoms with Crippen molar-refractivity contribution in [3.63, 3.8) is 0 Å². The molecule has 0 saturated heterocycles. The van der Waals surface area contributed by atoms with Crippen LogP contribution >= 0.6 is 0 Å². The number of methoxy groups -OCH3 is 1. The van der Waals surface area contributed by atoms with Crippen LogP contribution in [-0.2, 0) is 0 Å². The van der Waals surface area contributed by atoms with E-state index in [1.165, 1.54) is 0 Å². The molecule has 4 heteroatoms.